The van der Waals surface area contributed by atoms with Crippen molar-refractivity contribution >= 4 is 23.1 Å². The lowest BCUT2D eigenvalue weighted by Gasteiger charge is -2.08. The molecular weight excluding hydrogens is 295 g/mol. The number of aromatic nitrogens is 2. The summed E-state index contributed by atoms with van der Waals surface area (Å²) >= 11 is 0. The summed E-state index contributed by atoms with van der Waals surface area (Å²) in [7, 11) is 1.32. The molecule has 0 saturated carbocycles. The van der Waals surface area contributed by atoms with Crippen LogP contribution in [0.3, 0.4) is 0 Å². The molecule has 4 nitrogen and oxygen atoms in total. The lowest BCUT2D eigenvalue weighted by molar-refractivity contribution is 0.0601. The molecule has 0 aliphatic heterocycles. The molecule has 1 aromatic heterocycles. The Balaban J connectivity index is 2.21. The fourth-order valence-electron chi connectivity index (χ4n) is 2.28. The van der Waals surface area contributed by atoms with Gasteiger partial charge in [-0.1, -0.05) is 6.58 Å². The summed E-state index contributed by atoms with van der Waals surface area (Å²) in [6.07, 6.45) is 1.60. The summed E-state index contributed by atoms with van der Waals surface area (Å²) < 4.78 is 17.8. The van der Waals surface area contributed by atoms with Gasteiger partial charge < -0.3 is 4.74 Å². The molecule has 0 atom stereocenters. The number of methoxy groups -OCH3 is 1. The van der Waals surface area contributed by atoms with Crippen molar-refractivity contribution in [2.75, 3.05) is 7.11 Å². The maximum atomic E-state index is 13.1. The summed E-state index contributed by atoms with van der Waals surface area (Å²) in [5, 5.41) is 0. The first-order valence-corrected chi connectivity index (χ1v) is 6.91. The minimum absolute atomic E-state index is 0.323. The number of fused-ring (bicyclic) bond motifs is 1. The van der Waals surface area contributed by atoms with Crippen LogP contribution in [0.25, 0.3) is 28.4 Å². The first-order valence-electron chi connectivity index (χ1n) is 6.91. The van der Waals surface area contributed by atoms with Gasteiger partial charge in [-0.15, -0.1) is 0 Å². The van der Waals surface area contributed by atoms with E-state index in [1.807, 2.05) is 0 Å². The van der Waals surface area contributed by atoms with Crippen molar-refractivity contribution in [1.29, 1.82) is 0 Å². The fourth-order valence-corrected chi connectivity index (χ4v) is 2.28. The topological polar surface area (TPSA) is 52.1 Å². The highest BCUT2D eigenvalue weighted by Gasteiger charge is 2.12. The van der Waals surface area contributed by atoms with Crippen molar-refractivity contribution < 1.29 is 13.9 Å². The number of carbonyl (C=O) groups excluding carboxylic acids is 1. The average Bonchev–Trinajstić information content (AvgIpc) is 2.60. The second-order valence-electron chi connectivity index (χ2n) is 4.86. The molecule has 3 rings (SSSR count). The Morgan fingerprint density at radius 3 is 2.52 bits per heavy atom. The van der Waals surface area contributed by atoms with Crippen molar-refractivity contribution in [3.63, 3.8) is 0 Å². The van der Waals surface area contributed by atoms with Gasteiger partial charge in [-0.2, -0.15) is 0 Å². The van der Waals surface area contributed by atoms with Gasteiger partial charge in [-0.25, -0.2) is 19.2 Å². The minimum atomic E-state index is -0.440. The van der Waals surface area contributed by atoms with E-state index in [1.54, 1.807) is 36.4 Å². The summed E-state index contributed by atoms with van der Waals surface area (Å²) in [5.74, 6) is -0.763. The van der Waals surface area contributed by atoms with E-state index in [2.05, 4.69) is 16.5 Å². The summed E-state index contributed by atoms with van der Waals surface area (Å²) in [6, 6.07) is 10.9. The number of hydrogen-bond donors (Lipinski definition) is 0. The Labute approximate surface area is 132 Å². The van der Waals surface area contributed by atoms with E-state index in [0.29, 0.717) is 28.0 Å². The number of rotatable bonds is 3. The van der Waals surface area contributed by atoms with Crippen LogP contribution < -0.4 is 0 Å². The SMILES string of the molecule is C=Cc1nc2ccc(C(=O)OC)cc2nc1-c1ccc(F)cc1. The van der Waals surface area contributed by atoms with Crippen molar-refractivity contribution in [2.45, 2.75) is 0 Å². The minimum Gasteiger partial charge on any atom is -0.465 e. The Morgan fingerprint density at radius 1 is 1.13 bits per heavy atom. The van der Waals surface area contributed by atoms with E-state index >= 15 is 0 Å². The average molecular weight is 308 g/mol. The first-order chi connectivity index (χ1) is 11.1. The van der Waals surface area contributed by atoms with Crippen LogP contribution in [0.5, 0.6) is 0 Å². The smallest absolute Gasteiger partial charge is 0.337 e. The number of halogens is 1. The number of ether oxygens (including phenoxy) is 1. The van der Waals surface area contributed by atoms with Crippen LogP contribution in [0.15, 0.2) is 49.0 Å². The highest BCUT2D eigenvalue weighted by atomic mass is 19.1. The van der Waals surface area contributed by atoms with Gasteiger partial charge in [-0.3, -0.25) is 0 Å². The van der Waals surface area contributed by atoms with Crippen molar-refractivity contribution in [2.24, 2.45) is 0 Å². The predicted molar refractivity (Wildman–Crippen MR) is 86.4 cm³/mol. The molecule has 23 heavy (non-hydrogen) atoms. The molecule has 0 aliphatic rings. The standard InChI is InChI=1S/C18H13FN2O2/c1-3-14-17(11-4-7-13(19)8-5-11)21-16-10-12(18(22)23-2)6-9-15(16)20-14/h3-10H,1H2,2H3. The molecule has 0 unspecified atom stereocenters. The number of esters is 1. The maximum absolute atomic E-state index is 13.1. The Morgan fingerprint density at radius 2 is 1.87 bits per heavy atom. The molecule has 0 N–H and O–H groups in total. The van der Waals surface area contributed by atoms with Crippen molar-refractivity contribution in [1.82, 2.24) is 9.97 Å². The largest absolute Gasteiger partial charge is 0.465 e. The molecule has 0 fully saturated rings. The van der Waals surface area contributed by atoms with E-state index in [0.717, 1.165) is 5.56 Å². The zero-order valence-electron chi connectivity index (χ0n) is 12.4. The highest BCUT2D eigenvalue weighted by molar-refractivity contribution is 5.94. The Bertz CT molecular complexity index is 905. The van der Waals surface area contributed by atoms with Gasteiger partial charge in [0.25, 0.3) is 0 Å². The first kappa shape index (κ1) is 14.8. The Hall–Kier alpha value is -3.08. The van der Waals surface area contributed by atoms with Crippen LogP contribution in [0, 0.1) is 5.82 Å². The van der Waals surface area contributed by atoms with Gasteiger partial charge in [0.05, 0.1) is 35.1 Å². The van der Waals surface area contributed by atoms with Gasteiger partial charge in [-0.05, 0) is 48.5 Å². The molecule has 3 aromatic rings. The van der Waals surface area contributed by atoms with Crippen LogP contribution >= 0.6 is 0 Å². The van der Waals surface area contributed by atoms with Crippen molar-refractivity contribution in [3.8, 4) is 11.3 Å². The lowest BCUT2D eigenvalue weighted by atomic mass is 10.1. The van der Waals surface area contributed by atoms with Gasteiger partial charge in [0.2, 0.25) is 0 Å². The predicted octanol–water partition coefficient (Wildman–Crippen LogP) is 3.87. The lowest BCUT2D eigenvalue weighted by Crippen LogP contribution is -2.02. The van der Waals surface area contributed by atoms with Crippen LogP contribution in [0.4, 0.5) is 4.39 Å². The molecule has 1 heterocycles. The second kappa shape index (κ2) is 5.96. The maximum Gasteiger partial charge on any atom is 0.337 e. The third-order valence-corrected chi connectivity index (χ3v) is 3.42. The fraction of sp³-hybridized carbons (Fsp3) is 0.0556. The van der Waals surface area contributed by atoms with E-state index in [1.165, 1.54) is 19.2 Å². The molecule has 114 valence electrons. The third-order valence-electron chi connectivity index (χ3n) is 3.42. The van der Waals surface area contributed by atoms with Crippen LogP contribution in [-0.2, 0) is 4.74 Å². The van der Waals surface area contributed by atoms with E-state index < -0.39 is 5.97 Å². The number of carbonyl (C=O) groups is 1. The molecule has 0 aliphatic carbocycles. The molecule has 2 aromatic carbocycles. The van der Waals surface area contributed by atoms with Crippen LogP contribution in [0.1, 0.15) is 16.1 Å². The Kier molecular flexibility index (Phi) is 3.85. The zero-order valence-corrected chi connectivity index (χ0v) is 12.4. The van der Waals surface area contributed by atoms with E-state index in [9.17, 15) is 9.18 Å². The highest BCUT2D eigenvalue weighted by Crippen LogP contribution is 2.25. The molecule has 5 heteroatoms. The van der Waals surface area contributed by atoms with Gasteiger partial charge in [0, 0.05) is 5.56 Å². The van der Waals surface area contributed by atoms with E-state index in [-0.39, 0.29) is 5.82 Å². The third kappa shape index (κ3) is 2.81. The number of nitrogens with zero attached hydrogens (tertiary/aromatic N) is 2. The molecule has 0 radical (unpaired) electrons. The van der Waals surface area contributed by atoms with Crippen LogP contribution in [-0.4, -0.2) is 23.0 Å². The molecule has 0 bridgehead atoms. The molecule has 0 spiro atoms. The molecule has 0 amide bonds. The van der Waals surface area contributed by atoms with E-state index in [4.69, 9.17) is 4.74 Å². The summed E-state index contributed by atoms with van der Waals surface area (Å²) in [6.45, 7) is 3.75. The summed E-state index contributed by atoms with van der Waals surface area (Å²) in [5.41, 5.74) is 3.48. The van der Waals surface area contributed by atoms with Gasteiger partial charge >= 0.3 is 5.97 Å². The molecular formula is C18H13FN2O2. The number of hydrogen-bond acceptors (Lipinski definition) is 4. The quantitative estimate of drug-likeness (QED) is 0.689. The van der Waals surface area contributed by atoms with Crippen molar-refractivity contribution in [3.05, 3.63) is 66.1 Å². The van der Waals surface area contributed by atoms with Crippen LogP contribution in [0.2, 0.25) is 0 Å². The monoisotopic (exact) mass is 308 g/mol. The number of benzene rings is 2. The van der Waals surface area contributed by atoms with Gasteiger partial charge in [0.1, 0.15) is 5.82 Å². The normalized spacial score (nSPS) is 10.5. The van der Waals surface area contributed by atoms with Gasteiger partial charge in [0.15, 0.2) is 0 Å². The molecule has 0 saturated heterocycles. The second-order valence-corrected chi connectivity index (χ2v) is 4.86. The zero-order chi connectivity index (χ0) is 16.4. The summed E-state index contributed by atoms with van der Waals surface area (Å²) in [4.78, 5) is 20.7.